The van der Waals surface area contributed by atoms with Gasteiger partial charge in [0.25, 0.3) is 0 Å². The fourth-order valence-corrected chi connectivity index (χ4v) is 2.86. The maximum atomic E-state index is 11.9. The highest BCUT2D eigenvalue weighted by molar-refractivity contribution is 5.95. The van der Waals surface area contributed by atoms with Crippen molar-refractivity contribution < 1.29 is 4.79 Å². The average Bonchev–Trinajstić information content (AvgIpc) is 2.65. The van der Waals surface area contributed by atoms with Gasteiger partial charge in [-0.1, -0.05) is 42.5 Å². The predicted molar refractivity (Wildman–Crippen MR) is 105 cm³/mol. The molecule has 0 aromatic heterocycles. The van der Waals surface area contributed by atoms with Crippen LogP contribution in [0.4, 0.5) is 0 Å². The van der Waals surface area contributed by atoms with E-state index in [1.807, 2.05) is 42.5 Å². The molecular formula is C20H25N5O. The third-order valence-corrected chi connectivity index (χ3v) is 4.43. The molecule has 6 heteroatoms. The van der Waals surface area contributed by atoms with Crippen molar-refractivity contribution in [2.75, 3.05) is 7.05 Å². The lowest BCUT2D eigenvalue weighted by Gasteiger charge is -2.18. The number of hydrogen-bond donors (Lipinski definition) is 5. The van der Waals surface area contributed by atoms with E-state index >= 15 is 0 Å². The molecular weight excluding hydrogens is 326 g/mol. The van der Waals surface area contributed by atoms with Crippen molar-refractivity contribution in [3.8, 4) is 0 Å². The maximum absolute atomic E-state index is 11.9. The second kappa shape index (κ2) is 8.80. The van der Waals surface area contributed by atoms with E-state index in [1.54, 1.807) is 13.1 Å². The number of aryl methyl sites for hydroxylation is 1. The minimum atomic E-state index is -0.0184. The average molecular weight is 351 g/mol. The number of hydrogen-bond acceptors (Lipinski definition) is 3. The Morgan fingerprint density at radius 1 is 1.04 bits per heavy atom. The highest BCUT2D eigenvalue weighted by Crippen LogP contribution is 2.26. The molecule has 0 radical (unpaired) electrons. The van der Waals surface area contributed by atoms with Crippen molar-refractivity contribution in [1.82, 2.24) is 5.32 Å². The summed E-state index contributed by atoms with van der Waals surface area (Å²) in [4.78, 5) is 11.9. The molecule has 0 saturated heterocycles. The van der Waals surface area contributed by atoms with Gasteiger partial charge in [0.15, 0.2) is 0 Å². The van der Waals surface area contributed by atoms with Crippen LogP contribution in [-0.2, 0) is 11.2 Å². The van der Waals surface area contributed by atoms with E-state index in [0.717, 1.165) is 24.0 Å². The second-order valence-electron chi connectivity index (χ2n) is 6.26. The van der Waals surface area contributed by atoms with E-state index in [2.05, 4.69) is 5.32 Å². The first kappa shape index (κ1) is 19.2. The summed E-state index contributed by atoms with van der Waals surface area (Å²) in [5.41, 5.74) is 14.6. The fraction of sp³-hybridized carbons (Fsp3) is 0.250. The first-order valence-electron chi connectivity index (χ1n) is 8.49. The lowest BCUT2D eigenvalue weighted by molar-refractivity contribution is -0.121. The van der Waals surface area contributed by atoms with Gasteiger partial charge in [-0.25, -0.2) is 0 Å². The number of nitrogen functional groups attached to an aromatic ring is 2. The number of amides is 1. The molecule has 26 heavy (non-hydrogen) atoms. The number of nitrogens with two attached hydrogens (primary N) is 2. The van der Waals surface area contributed by atoms with Gasteiger partial charge in [-0.05, 0) is 36.0 Å². The Balaban J connectivity index is 2.16. The first-order valence-corrected chi connectivity index (χ1v) is 8.49. The van der Waals surface area contributed by atoms with E-state index < -0.39 is 0 Å². The normalized spacial score (nSPS) is 11.6. The van der Waals surface area contributed by atoms with E-state index in [4.69, 9.17) is 22.3 Å². The highest BCUT2D eigenvalue weighted by atomic mass is 16.1. The number of carbonyl (C=O) groups is 1. The van der Waals surface area contributed by atoms with Gasteiger partial charge >= 0.3 is 0 Å². The van der Waals surface area contributed by atoms with Crippen LogP contribution < -0.4 is 16.8 Å². The zero-order chi connectivity index (χ0) is 19.1. The molecule has 0 unspecified atom stereocenters. The van der Waals surface area contributed by atoms with Crippen molar-refractivity contribution in [3.05, 3.63) is 70.8 Å². The Hall–Kier alpha value is -3.15. The van der Waals surface area contributed by atoms with E-state index in [-0.39, 0.29) is 23.5 Å². The third-order valence-electron chi connectivity index (χ3n) is 4.43. The van der Waals surface area contributed by atoms with Crippen LogP contribution in [0, 0.1) is 10.8 Å². The summed E-state index contributed by atoms with van der Waals surface area (Å²) < 4.78 is 0. The van der Waals surface area contributed by atoms with Crippen LogP contribution in [-0.4, -0.2) is 24.6 Å². The Morgan fingerprint density at radius 3 is 2.27 bits per heavy atom. The molecule has 2 aromatic rings. The number of carbonyl (C=O) groups excluding carboxylic acids is 1. The van der Waals surface area contributed by atoms with Gasteiger partial charge < -0.3 is 16.8 Å². The molecule has 2 rings (SSSR count). The van der Waals surface area contributed by atoms with Crippen LogP contribution in [0.15, 0.2) is 48.5 Å². The van der Waals surface area contributed by atoms with E-state index in [9.17, 15) is 4.79 Å². The van der Waals surface area contributed by atoms with Gasteiger partial charge in [0, 0.05) is 24.6 Å². The van der Waals surface area contributed by atoms with Crippen molar-refractivity contribution in [1.29, 1.82) is 10.8 Å². The van der Waals surface area contributed by atoms with Crippen LogP contribution in [0.5, 0.6) is 0 Å². The molecule has 0 aliphatic carbocycles. The minimum absolute atomic E-state index is 0.0184. The number of nitrogens with one attached hydrogen (secondary N) is 3. The Labute approximate surface area is 153 Å². The largest absolute Gasteiger partial charge is 0.384 e. The number of rotatable bonds is 8. The molecule has 0 bridgehead atoms. The van der Waals surface area contributed by atoms with Crippen molar-refractivity contribution >= 4 is 17.6 Å². The summed E-state index contributed by atoms with van der Waals surface area (Å²) in [6.07, 6.45) is 1.96. The van der Waals surface area contributed by atoms with Gasteiger partial charge in [0.05, 0.1) is 0 Å². The molecule has 136 valence electrons. The number of benzene rings is 2. The molecule has 1 atom stereocenters. The molecule has 0 spiro atoms. The molecule has 6 nitrogen and oxygen atoms in total. The summed E-state index contributed by atoms with van der Waals surface area (Å²) in [5.74, 6) is 0.0809. The van der Waals surface area contributed by atoms with E-state index in [0.29, 0.717) is 17.5 Å². The van der Waals surface area contributed by atoms with Gasteiger partial charge in [-0.3, -0.25) is 15.6 Å². The molecule has 0 fully saturated rings. The van der Waals surface area contributed by atoms with Crippen LogP contribution >= 0.6 is 0 Å². The van der Waals surface area contributed by atoms with Gasteiger partial charge in [-0.15, -0.1) is 0 Å². The minimum Gasteiger partial charge on any atom is -0.384 e. The van der Waals surface area contributed by atoms with Crippen molar-refractivity contribution in [2.45, 2.75) is 25.2 Å². The molecule has 0 heterocycles. The lowest BCUT2D eigenvalue weighted by Crippen LogP contribution is -2.21. The molecule has 0 aliphatic heterocycles. The molecule has 0 saturated carbocycles. The summed E-state index contributed by atoms with van der Waals surface area (Å²) in [6.45, 7) is 0. The third kappa shape index (κ3) is 5.17. The zero-order valence-corrected chi connectivity index (χ0v) is 14.9. The summed E-state index contributed by atoms with van der Waals surface area (Å²) in [5, 5.41) is 17.7. The fourth-order valence-electron chi connectivity index (χ4n) is 2.86. The summed E-state index contributed by atoms with van der Waals surface area (Å²) in [7, 11) is 1.63. The molecule has 0 aliphatic rings. The Bertz CT molecular complexity index is 798. The predicted octanol–water partition coefficient (Wildman–Crippen LogP) is 2.11. The summed E-state index contributed by atoms with van der Waals surface area (Å²) >= 11 is 0. The lowest BCUT2D eigenvalue weighted by atomic mass is 9.88. The molecule has 7 N–H and O–H groups in total. The molecule has 1 amide bonds. The van der Waals surface area contributed by atoms with Crippen LogP contribution in [0.3, 0.4) is 0 Å². The monoisotopic (exact) mass is 351 g/mol. The Morgan fingerprint density at radius 2 is 1.69 bits per heavy atom. The quantitative estimate of drug-likeness (QED) is 0.369. The van der Waals surface area contributed by atoms with Crippen molar-refractivity contribution in [3.63, 3.8) is 0 Å². The smallest absolute Gasteiger partial charge is 0.220 e. The van der Waals surface area contributed by atoms with E-state index in [1.165, 1.54) is 0 Å². The standard InChI is InChI=1S/C20H25N5O/c1-25-18(26)12-16(15-3-2-4-17(11-15)20(23)24)10-7-13-5-8-14(9-6-13)19(21)22/h2-6,8-9,11,16H,7,10,12H2,1H3,(H3,21,22)(H3,23,24)(H,25,26)/t16-/m1/s1. The second-order valence-corrected chi connectivity index (χ2v) is 6.26. The summed E-state index contributed by atoms with van der Waals surface area (Å²) in [6, 6.07) is 15.1. The molecule has 2 aromatic carbocycles. The van der Waals surface area contributed by atoms with Crippen LogP contribution in [0.25, 0.3) is 0 Å². The van der Waals surface area contributed by atoms with Gasteiger partial charge in [0.1, 0.15) is 11.7 Å². The highest BCUT2D eigenvalue weighted by Gasteiger charge is 2.16. The topological polar surface area (TPSA) is 129 Å². The van der Waals surface area contributed by atoms with Crippen LogP contribution in [0.2, 0.25) is 0 Å². The first-order chi connectivity index (χ1) is 12.4. The van der Waals surface area contributed by atoms with Crippen LogP contribution in [0.1, 0.15) is 41.0 Å². The Kier molecular flexibility index (Phi) is 6.49. The van der Waals surface area contributed by atoms with Gasteiger partial charge in [-0.2, -0.15) is 0 Å². The SMILES string of the molecule is CNC(=O)C[C@@H](CCc1ccc(C(=N)N)cc1)c1cccc(C(=N)N)c1. The van der Waals surface area contributed by atoms with Crippen molar-refractivity contribution in [2.24, 2.45) is 11.5 Å². The maximum Gasteiger partial charge on any atom is 0.220 e. The zero-order valence-electron chi connectivity index (χ0n) is 14.9. The number of amidine groups is 2. The van der Waals surface area contributed by atoms with Gasteiger partial charge in [0.2, 0.25) is 5.91 Å².